The molecule has 92 valence electrons. The molecule has 6 heteroatoms. The monoisotopic (exact) mass is 348 g/mol. The van der Waals surface area contributed by atoms with Crippen molar-refractivity contribution in [3.8, 4) is 0 Å². The quantitative estimate of drug-likeness (QED) is 0.588. The standard InChI is InChI=1S/C12H8Cl4Si2/c13-11(14)17-9-5-6-10(18-12(15)16)8-4-2-1-3-7(8)9/h1-6,11-12H. The molecule has 0 fully saturated rings. The summed E-state index contributed by atoms with van der Waals surface area (Å²) in [6.07, 6.45) is 0. The first-order chi connectivity index (χ1) is 8.58. The van der Waals surface area contributed by atoms with E-state index in [1.807, 2.05) is 12.1 Å². The molecule has 0 N–H and O–H groups in total. The second-order valence-corrected chi connectivity index (χ2v) is 10.1. The summed E-state index contributed by atoms with van der Waals surface area (Å²) in [5.74, 6) is 0. The first kappa shape index (κ1) is 14.7. The van der Waals surface area contributed by atoms with E-state index in [1.54, 1.807) is 0 Å². The zero-order valence-electron chi connectivity index (χ0n) is 9.13. The van der Waals surface area contributed by atoms with Crippen molar-refractivity contribution in [1.29, 1.82) is 0 Å². The fourth-order valence-corrected chi connectivity index (χ4v) is 4.77. The average Bonchev–Trinajstić information content (AvgIpc) is 2.31. The smallest absolute Gasteiger partial charge is 0.110 e. The topological polar surface area (TPSA) is 0 Å². The number of halogens is 4. The molecule has 0 heterocycles. The van der Waals surface area contributed by atoms with Gasteiger partial charge in [-0.3, -0.25) is 0 Å². The van der Waals surface area contributed by atoms with E-state index in [1.165, 1.54) is 21.1 Å². The number of alkyl halides is 4. The zero-order chi connectivity index (χ0) is 13.1. The van der Waals surface area contributed by atoms with E-state index >= 15 is 0 Å². The van der Waals surface area contributed by atoms with Gasteiger partial charge in [-0.2, -0.15) is 0 Å². The Kier molecular flexibility index (Phi) is 5.42. The highest BCUT2D eigenvalue weighted by Crippen LogP contribution is 2.12. The van der Waals surface area contributed by atoms with E-state index < -0.39 is 0 Å². The van der Waals surface area contributed by atoms with Crippen molar-refractivity contribution in [2.45, 2.75) is 8.92 Å². The second-order valence-electron chi connectivity index (χ2n) is 3.60. The molecule has 2 rings (SSSR count). The van der Waals surface area contributed by atoms with Crippen LogP contribution < -0.4 is 10.4 Å². The number of hydrogen-bond acceptors (Lipinski definition) is 0. The summed E-state index contributed by atoms with van der Waals surface area (Å²) in [6.45, 7) is 0. The van der Waals surface area contributed by atoms with Crippen molar-refractivity contribution < 1.29 is 0 Å². The van der Waals surface area contributed by atoms with Crippen LogP contribution in [0.1, 0.15) is 0 Å². The molecular weight excluding hydrogens is 342 g/mol. The molecule has 4 radical (unpaired) electrons. The number of hydrogen-bond donors (Lipinski definition) is 0. The minimum Gasteiger partial charge on any atom is -0.110 e. The molecular formula is C12H8Cl4Si2. The van der Waals surface area contributed by atoms with Crippen LogP contribution in [0.2, 0.25) is 0 Å². The van der Waals surface area contributed by atoms with Crippen LogP contribution in [0.15, 0.2) is 36.4 Å². The second kappa shape index (κ2) is 6.64. The predicted molar refractivity (Wildman–Crippen MR) is 85.7 cm³/mol. The fraction of sp³-hybridized carbons (Fsp3) is 0.167. The Morgan fingerprint density at radius 1 is 0.667 bits per heavy atom. The molecule has 0 amide bonds. The third kappa shape index (κ3) is 3.65. The molecule has 0 aliphatic rings. The minimum absolute atomic E-state index is 0.365. The summed E-state index contributed by atoms with van der Waals surface area (Å²) in [5.41, 5.74) is 0. The van der Waals surface area contributed by atoms with Crippen molar-refractivity contribution in [2.75, 3.05) is 0 Å². The summed E-state index contributed by atoms with van der Waals surface area (Å²) < 4.78 is -0.731. The lowest BCUT2D eigenvalue weighted by molar-refractivity contribution is 1.78. The lowest BCUT2D eigenvalue weighted by atomic mass is 10.1. The maximum atomic E-state index is 5.87. The van der Waals surface area contributed by atoms with Crippen molar-refractivity contribution in [1.82, 2.24) is 0 Å². The van der Waals surface area contributed by atoms with E-state index in [-0.39, 0.29) is 8.92 Å². The van der Waals surface area contributed by atoms with Crippen molar-refractivity contribution >= 4 is 86.6 Å². The van der Waals surface area contributed by atoms with Gasteiger partial charge in [0.15, 0.2) is 0 Å². The molecule has 0 nitrogen and oxygen atoms in total. The van der Waals surface area contributed by atoms with Crippen LogP contribution in [-0.2, 0) is 0 Å². The van der Waals surface area contributed by atoms with Crippen LogP contribution in [0.3, 0.4) is 0 Å². The van der Waals surface area contributed by atoms with Gasteiger partial charge in [-0.15, -0.1) is 46.4 Å². The SMILES string of the molecule is ClC(Cl)[Si]c1ccc([Si]C(Cl)Cl)c2ccccc12. The summed E-state index contributed by atoms with van der Waals surface area (Å²) in [4.78, 5) is 0. The van der Waals surface area contributed by atoms with Crippen molar-refractivity contribution in [3.05, 3.63) is 36.4 Å². The van der Waals surface area contributed by atoms with Gasteiger partial charge < -0.3 is 0 Å². The summed E-state index contributed by atoms with van der Waals surface area (Å²) in [5, 5.41) is 4.71. The highest BCUT2D eigenvalue weighted by Gasteiger charge is 2.12. The molecule has 2 aromatic carbocycles. The molecule has 0 aromatic heterocycles. The molecule has 0 aliphatic carbocycles. The van der Waals surface area contributed by atoms with Crippen LogP contribution in [0.25, 0.3) is 10.8 Å². The molecule has 0 aliphatic heterocycles. The largest absolute Gasteiger partial charge is 0.125 e. The average molecular weight is 350 g/mol. The predicted octanol–water partition coefficient (Wildman–Crippen LogP) is 3.02. The van der Waals surface area contributed by atoms with Crippen LogP contribution >= 0.6 is 46.4 Å². The Morgan fingerprint density at radius 2 is 1.06 bits per heavy atom. The Hall–Kier alpha value is 0.294. The summed E-state index contributed by atoms with van der Waals surface area (Å²) in [6, 6.07) is 12.3. The van der Waals surface area contributed by atoms with Gasteiger partial charge in [-0.1, -0.05) is 46.8 Å². The normalized spacial score (nSPS) is 11.7. The van der Waals surface area contributed by atoms with Crippen LogP contribution in [0, 0.1) is 0 Å². The molecule has 18 heavy (non-hydrogen) atoms. The van der Waals surface area contributed by atoms with Gasteiger partial charge >= 0.3 is 0 Å². The fourth-order valence-electron chi connectivity index (χ4n) is 1.79. The molecule has 2 aromatic rings. The maximum Gasteiger partial charge on any atom is 0.125 e. The van der Waals surface area contributed by atoms with Crippen molar-refractivity contribution in [3.63, 3.8) is 0 Å². The number of fused-ring (bicyclic) bond motifs is 1. The number of benzene rings is 2. The molecule has 0 bridgehead atoms. The molecule has 0 saturated heterocycles. The van der Waals surface area contributed by atoms with Gasteiger partial charge in [0.05, 0.1) is 8.92 Å². The van der Waals surface area contributed by atoms with Crippen LogP contribution in [-0.4, -0.2) is 28.0 Å². The summed E-state index contributed by atoms with van der Waals surface area (Å²) in [7, 11) is 0.750. The summed E-state index contributed by atoms with van der Waals surface area (Å²) >= 11 is 23.5. The molecule has 0 spiro atoms. The van der Waals surface area contributed by atoms with E-state index in [0.717, 1.165) is 0 Å². The van der Waals surface area contributed by atoms with Crippen molar-refractivity contribution in [2.24, 2.45) is 0 Å². The minimum atomic E-state index is -0.365. The first-order valence-corrected chi connectivity index (χ1v) is 9.09. The lowest BCUT2D eigenvalue weighted by Gasteiger charge is -2.11. The van der Waals surface area contributed by atoms with Gasteiger partial charge in [0.25, 0.3) is 0 Å². The highest BCUT2D eigenvalue weighted by molar-refractivity contribution is 6.79. The van der Waals surface area contributed by atoms with Gasteiger partial charge in [0.1, 0.15) is 19.0 Å². The Balaban J connectivity index is 2.51. The van der Waals surface area contributed by atoms with E-state index in [4.69, 9.17) is 46.4 Å². The van der Waals surface area contributed by atoms with Gasteiger partial charge in [0.2, 0.25) is 0 Å². The van der Waals surface area contributed by atoms with E-state index in [0.29, 0.717) is 19.0 Å². The van der Waals surface area contributed by atoms with Crippen LogP contribution in [0.4, 0.5) is 0 Å². The Labute approximate surface area is 131 Å². The third-order valence-electron chi connectivity index (χ3n) is 2.45. The number of rotatable bonds is 4. The highest BCUT2D eigenvalue weighted by atomic mass is 35.5. The third-order valence-corrected chi connectivity index (χ3v) is 5.69. The Morgan fingerprint density at radius 3 is 1.39 bits per heavy atom. The zero-order valence-corrected chi connectivity index (χ0v) is 14.2. The maximum absolute atomic E-state index is 5.87. The van der Waals surface area contributed by atoms with E-state index in [2.05, 4.69) is 24.3 Å². The molecule has 0 atom stereocenters. The van der Waals surface area contributed by atoms with Crippen LogP contribution in [0.5, 0.6) is 0 Å². The lowest BCUT2D eigenvalue weighted by Crippen LogP contribution is -2.27. The Bertz CT molecular complexity index is 494. The molecule has 0 unspecified atom stereocenters. The van der Waals surface area contributed by atoms with Gasteiger partial charge in [-0.25, -0.2) is 0 Å². The molecule has 0 saturated carbocycles. The van der Waals surface area contributed by atoms with E-state index in [9.17, 15) is 0 Å². The van der Waals surface area contributed by atoms with Gasteiger partial charge in [-0.05, 0) is 10.8 Å². The van der Waals surface area contributed by atoms with Gasteiger partial charge in [0, 0.05) is 0 Å². The first-order valence-electron chi connectivity index (χ1n) is 5.19.